The number of hydrogen-bond donors (Lipinski definition) is 1. The van der Waals surface area contributed by atoms with Crippen LogP contribution in [0.4, 0.5) is 0 Å². The lowest BCUT2D eigenvalue weighted by Gasteiger charge is -2.08. The molecule has 14 heavy (non-hydrogen) atoms. The summed E-state index contributed by atoms with van der Waals surface area (Å²) in [5, 5.41) is 0. The van der Waals surface area contributed by atoms with Crippen LogP contribution in [0.3, 0.4) is 0 Å². The molecule has 1 heteroatoms. The van der Waals surface area contributed by atoms with Gasteiger partial charge in [-0.2, -0.15) is 0 Å². The van der Waals surface area contributed by atoms with Gasteiger partial charge in [0, 0.05) is 6.04 Å². The molecule has 0 amide bonds. The molecule has 0 bridgehead atoms. The lowest BCUT2D eigenvalue weighted by Crippen LogP contribution is -2.18. The van der Waals surface area contributed by atoms with Gasteiger partial charge in [0.15, 0.2) is 0 Å². The van der Waals surface area contributed by atoms with Gasteiger partial charge in [-0.05, 0) is 17.9 Å². The van der Waals surface area contributed by atoms with Crippen LogP contribution in [0.5, 0.6) is 0 Å². The van der Waals surface area contributed by atoms with Gasteiger partial charge in [-0.3, -0.25) is 0 Å². The molecule has 76 valence electrons. The SMILES string of the molecule is CC(C)CC(N)C=Cc1ccccc1. The Labute approximate surface area is 86.6 Å². The van der Waals surface area contributed by atoms with Crippen LogP contribution in [0.25, 0.3) is 6.08 Å². The van der Waals surface area contributed by atoms with Crippen LogP contribution >= 0.6 is 0 Å². The molecule has 0 aliphatic heterocycles. The smallest absolute Gasteiger partial charge is 0.0229 e. The standard InChI is InChI=1S/C13H19N/c1-11(2)10-13(14)9-8-12-6-4-3-5-7-12/h3-9,11,13H,10,14H2,1-2H3. The normalized spacial score (nSPS) is 13.7. The lowest BCUT2D eigenvalue weighted by molar-refractivity contribution is 0.547. The first-order valence-corrected chi connectivity index (χ1v) is 5.17. The van der Waals surface area contributed by atoms with E-state index in [1.54, 1.807) is 0 Å². The summed E-state index contributed by atoms with van der Waals surface area (Å²) in [7, 11) is 0. The van der Waals surface area contributed by atoms with Crippen molar-refractivity contribution in [2.45, 2.75) is 26.3 Å². The maximum atomic E-state index is 5.94. The van der Waals surface area contributed by atoms with Crippen molar-refractivity contribution in [3.8, 4) is 0 Å². The van der Waals surface area contributed by atoms with Crippen molar-refractivity contribution in [3.63, 3.8) is 0 Å². The van der Waals surface area contributed by atoms with Gasteiger partial charge < -0.3 is 5.73 Å². The highest BCUT2D eigenvalue weighted by Gasteiger charge is 2.00. The molecule has 1 unspecified atom stereocenters. The third-order valence-corrected chi connectivity index (χ3v) is 2.08. The minimum Gasteiger partial charge on any atom is -0.324 e. The average molecular weight is 189 g/mol. The Balaban J connectivity index is 2.48. The van der Waals surface area contributed by atoms with E-state index in [-0.39, 0.29) is 6.04 Å². The highest BCUT2D eigenvalue weighted by atomic mass is 14.6. The summed E-state index contributed by atoms with van der Waals surface area (Å²) in [6.45, 7) is 4.38. The van der Waals surface area contributed by atoms with E-state index in [1.807, 2.05) is 18.2 Å². The molecule has 1 atom stereocenters. The predicted octanol–water partition coefficient (Wildman–Crippen LogP) is 3.07. The van der Waals surface area contributed by atoms with E-state index in [2.05, 4.69) is 38.1 Å². The highest BCUT2D eigenvalue weighted by Crippen LogP contribution is 2.06. The van der Waals surface area contributed by atoms with Crippen LogP contribution in [0, 0.1) is 5.92 Å². The first-order valence-electron chi connectivity index (χ1n) is 5.17. The van der Waals surface area contributed by atoms with Gasteiger partial charge in [-0.1, -0.05) is 56.3 Å². The zero-order valence-corrected chi connectivity index (χ0v) is 8.98. The van der Waals surface area contributed by atoms with Crippen molar-refractivity contribution in [1.82, 2.24) is 0 Å². The molecule has 0 spiro atoms. The van der Waals surface area contributed by atoms with Gasteiger partial charge in [0.25, 0.3) is 0 Å². The number of rotatable bonds is 4. The molecule has 0 aliphatic carbocycles. The summed E-state index contributed by atoms with van der Waals surface area (Å²) in [4.78, 5) is 0. The molecule has 1 nitrogen and oxygen atoms in total. The number of hydrogen-bond acceptors (Lipinski definition) is 1. The Morgan fingerprint density at radius 3 is 2.43 bits per heavy atom. The molecular weight excluding hydrogens is 170 g/mol. The fraction of sp³-hybridized carbons (Fsp3) is 0.385. The fourth-order valence-electron chi connectivity index (χ4n) is 1.42. The monoisotopic (exact) mass is 189 g/mol. The van der Waals surface area contributed by atoms with Crippen molar-refractivity contribution in [2.75, 3.05) is 0 Å². The molecular formula is C13H19N. The summed E-state index contributed by atoms with van der Waals surface area (Å²) in [5.41, 5.74) is 7.15. The second-order valence-corrected chi connectivity index (χ2v) is 4.06. The molecule has 2 N–H and O–H groups in total. The predicted molar refractivity (Wildman–Crippen MR) is 62.9 cm³/mol. The van der Waals surface area contributed by atoms with Crippen molar-refractivity contribution < 1.29 is 0 Å². The molecule has 0 radical (unpaired) electrons. The topological polar surface area (TPSA) is 26.0 Å². The van der Waals surface area contributed by atoms with Gasteiger partial charge in [0.05, 0.1) is 0 Å². The summed E-state index contributed by atoms with van der Waals surface area (Å²) >= 11 is 0. The third kappa shape index (κ3) is 4.24. The van der Waals surface area contributed by atoms with Gasteiger partial charge in [-0.15, -0.1) is 0 Å². The van der Waals surface area contributed by atoms with Crippen molar-refractivity contribution in [3.05, 3.63) is 42.0 Å². The molecule has 0 heterocycles. The summed E-state index contributed by atoms with van der Waals surface area (Å²) in [6.07, 6.45) is 5.21. The Morgan fingerprint density at radius 1 is 1.21 bits per heavy atom. The third-order valence-electron chi connectivity index (χ3n) is 2.08. The molecule has 0 saturated carbocycles. The zero-order chi connectivity index (χ0) is 10.4. The Kier molecular flexibility index (Phi) is 4.41. The number of nitrogens with two attached hydrogens (primary N) is 1. The first-order chi connectivity index (χ1) is 6.68. The van der Waals surface area contributed by atoms with Crippen LogP contribution in [0.15, 0.2) is 36.4 Å². The zero-order valence-electron chi connectivity index (χ0n) is 8.98. The lowest BCUT2D eigenvalue weighted by atomic mass is 10.0. The molecule has 0 aliphatic rings. The highest BCUT2D eigenvalue weighted by molar-refractivity contribution is 5.49. The van der Waals surface area contributed by atoms with Gasteiger partial charge in [0.1, 0.15) is 0 Å². The van der Waals surface area contributed by atoms with Gasteiger partial charge in [-0.25, -0.2) is 0 Å². The van der Waals surface area contributed by atoms with Crippen molar-refractivity contribution in [1.29, 1.82) is 0 Å². The first kappa shape index (κ1) is 11.0. The Bertz CT molecular complexity index is 275. The van der Waals surface area contributed by atoms with E-state index < -0.39 is 0 Å². The largest absolute Gasteiger partial charge is 0.324 e. The van der Waals surface area contributed by atoms with Crippen molar-refractivity contribution >= 4 is 6.08 Å². The maximum Gasteiger partial charge on any atom is 0.0229 e. The Morgan fingerprint density at radius 2 is 1.86 bits per heavy atom. The van der Waals surface area contributed by atoms with E-state index in [1.165, 1.54) is 5.56 Å². The molecule has 1 rings (SSSR count). The fourth-order valence-corrected chi connectivity index (χ4v) is 1.42. The van der Waals surface area contributed by atoms with Crippen LogP contribution in [-0.2, 0) is 0 Å². The van der Waals surface area contributed by atoms with E-state index >= 15 is 0 Å². The molecule has 0 aromatic heterocycles. The van der Waals surface area contributed by atoms with Crippen LogP contribution in [-0.4, -0.2) is 6.04 Å². The van der Waals surface area contributed by atoms with Crippen LogP contribution in [0.2, 0.25) is 0 Å². The minimum atomic E-state index is 0.176. The summed E-state index contributed by atoms with van der Waals surface area (Å²) < 4.78 is 0. The molecule has 1 aromatic rings. The molecule has 0 saturated heterocycles. The van der Waals surface area contributed by atoms with E-state index in [9.17, 15) is 0 Å². The second-order valence-electron chi connectivity index (χ2n) is 4.06. The summed E-state index contributed by atoms with van der Waals surface area (Å²) in [6, 6.07) is 10.4. The molecule has 1 aromatic carbocycles. The average Bonchev–Trinajstić information content (AvgIpc) is 2.15. The quantitative estimate of drug-likeness (QED) is 0.774. The van der Waals surface area contributed by atoms with Gasteiger partial charge in [0.2, 0.25) is 0 Å². The van der Waals surface area contributed by atoms with Crippen molar-refractivity contribution in [2.24, 2.45) is 11.7 Å². The van der Waals surface area contributed by atoms with Crippen LogP contribution < -0.4 is 5.73 Å². The minimum absolute atomic E-state index is 0.176. The Hall–Kier alpha value is -1.08. The van der Waals surface area contributed by atoms with E-state index in [0.29, 0.717) is 5.92 Å². The maximum absolute atomic E-state index is 5.94. The summed E-state index contributed by atoms with van der Waals surface area (Å²) in [5.74, 6) is 0.658. The van der Waals surface area contributed by atoms with Crippen LogP contribution in [0.1, 0.15) is 25.8 Å². The second kappa shape index (κ2) is 5.61. The van der Waals surface area contributed by atoms with E-state index in [4.69, 9.17) is 5.73 Å². The number of benzene rings is 1. The molecule has 0 fully saturated rings. The van der Waals surface area contributed by atoms with Gasteiger partial charge >= 0.3 is 0 Å². The van der Waals surface area contributed by atoms with E-state index in [0.717, 1.165) is 6.42 Å².